The van der Waals surface area contributed by atoms with Gasteiger partial charge in [0.25, 0.3) is 0 Å². The Labute approximate surface area is 135 Å². The Kier molecular flexibility index (Phi) is 3.97. The van der Waals surface area contributed by atoms with Gasteiger partial charge in [-0.05, 0) is 18.9 Å². The molecule has 0 bridgehead atoms. The van der Waals surface area contributed by atoms with Crippen LogP contribution < -0.4 is 4.74 Å². The monoisotopic (exact) mass is 338 g/mol. The van der Waals surface area contributed by atoms with Crippen molar-refractivity contribution in [3.63, 3.8) is 0 Å². The average molecular weight is 338 g/mol. The first-order valence-electron chi connectivity index (χ1n) is 7.09. The van der Waals surface area contributed by atoms with Crippen LogP contribution in [-0.2, 0) is 9.53 Å². The molecule has 2 atom stereocenters. The summed E-state index contributed by atoms with van der Waals surface area (Å²) in [6, 6.07) is 2.82. The Morgan fingerprint density at radius 1 is 1.26 bits per heavy atom. The van der Waals surface area contributed by atoms with E-state index >= 15 is 0 Å². The number of hydrogen-bond acceptors (Lipinski definition) is 6. The van der Waals surface area contributed by atoms with Crippen LogP contribution in [0.3, 0.4) is 0 Å². The van der Waals surface area contributed by atoms with E-state index in [9.17, 15) is 19.1 Å². The third-order valence-corrected chi connectivity index (χ3v) is 5.36. The predicted octanol–water partition coefficient (Wildman–Crippen LogP) is 3.14. The second kappa shape index (κ2) is 5.81. The van der Waals surface area contributed by atoms with Crippen molar-refractivity contribution in [1.29, 1.82) is 0 Å². The zero-order chi connectivity index (χ0) is 16.7. The quantitative estimate of drug-likeness (QED) is 0.685. The van der Waals surface area contributed by atoms with Gasteiger partial charge in [-0.1, -0.05) is 0 Å². The first-order valence-corrected chi connectivity index (χ1v) is 7.90. The molecule has 1 aliphatic rings. The minimum atomic E-state index is -0.698. The minimum absolute atomic E-state index is 0.189. The molecule has 1 N–H and O–H groups in total. The summed E-state index contributed by atoms with van der Waals surface area (Å²) < 4.78 is 24.3. The van der Waals surface area contributed by atoms with E-state index in [0.29, 0.717) is 22.4 Å². The molecule has 1 saturated carbocycles. The van der Waals surface area contributed by atoms with E-state index in [1.807, 2.05) is 0 Å². The van der Waals surface area contributed by atoms with Crippen LogP contribution in [0.2, 0.25) is 0 Å². The molecule has 0 amide bonds. The second-order valence-electron chi connectivity index (χ2n) is 5.44. The predicted molar refractivity (Wildman–Crippen MR) is 82.6 cm³/mol. The summed E-state index contributed by atoms with van der Waals surface area (Å²) >= 11 is 1.09. The first kappa shape index (κ1) is 15.7. The molecule has 3 rings (SSSR count). The van der Waals surface area contributed by atoms with Gasteiger partial charge in [0, 0.05) is 22.1 Å². The highest BCUT2D eigenvalue weighted by atomic mass is 32.1. The van der Waals surface area contributed by atoms with Crippen LogP contribution >= 0.6 is 11.3 Å². The fourth-order valence-corrected chi connectivity index (χ4v) is 3.95. The van der Waals surface area contributed by atoms with E-state index < -0.39 is 17.7 Å². The maximum absolute atomic E-state index is 14.3. The van der Waals surface area contributed by atoms with Crippen molar-refractivity contribution in [2.75, 3.05) is 14.2 Å². The standard InChI is InChI=1S/C16H15FO5S/c1-21-15-10(18)6-11-9(13(15)17)5-12(23-11)14(19)7-3-4-8(7)16(20)22-2/h5-8,18H,3-4H2,1-2H3/t7-,8-/m0/s1. The average Bonchev–Trinajstić information content (AvgIpc) is 2.90. The highest BCUT2D eigenvalue weighted by molar-refractivity contribution is 7.20. The number of thiophene rings is 1. The molecule has 7 heteroatoms. The first-order chi connectivity index (χ1) is 11.0. The van der Waals surface area contributed by atoms with Crippen LogP contribution in [0.25, 0.3) is 10.1 Å². The minimum Gasteiger partial charge on any atom is -0.504 e. The third-order valence-electron chi connectivity index (χ3n) is 4.26. The molecule has 5 nitrogen and oxygen atoms in total. The van der Waals surface area contributed by atoms with Gasteiger partial charge in [-0.15, -0.1) is 11.3 Å². The lowest BCUT2D eigenvalue weighted by Gasteiger charge is -2.32. The number of benzene rings is 1. The molecule has 0 radical (unpaired) electrons. The molecular formula is C16H15FO5S. The van der Waals surface area contributed by atoms with E-state index in [2.05, 4.69) is 0 Å². The molecule has 0 spiro atoms. The summed E-state index contributed by atoms with van der Waals surface area (Å²) in [6.07, 6.45) is 1.24. The molecule has 0 unspecified atom stereocenters. The Hall–Kier alpha value is -2.15. The van der Waals surface area contributed by atoms with Crippen LogP contribution in [0.1, 0.15) is 22.5 Å². The number of Topliss-reactive ketones (excluding diaryl/α,β-unsaturated/α-hetero) is 1. The van der Waals surface area contributed by atoms with Crippen molar-refractivity contribution in [2.24, 2.45) is 11.8 Å². The van der Waals surface area contributed by atoms with Gasteiger partial charge in [-0.3, -0.25) is 9.59 Å². The lowest BCUT2D eigenvalue weighted by Crippen LogP contribution is -2.38. The number of hydrogen-bond donors (Lipinski definition) is 1. The van der Waals surface area contributed by atoms with Crippen molar-refractivity contribution < 1.29 is 28.6 Å². The molecule has 0 aliphatic heterocycles. The number of rotatable bonds is 4. The number of ketones is 1. The Morgan fingerprint density at radius 3 is 2.52 bits per heavy atom. The molecule has 1 aromatic heterocycles. The number of aromatic hydroxyl groups is 1. The van der Waals surface area contributed by atoms with Crippen molar-refractivity contribution in [3.8, 4) is 11.5 Å². The van der Waals surface area contributed by atoms with Gasteiger partial charge >= 0.3 is 5.97 Å². The van der Waals surface area contributed by atoms with Gasteiger partial charge in [0.05, 0.1) is 25.0 Å². The van der Waals surface area contributed by atoms with Crippen molar-refractivity contribution >= 4 is 33.2 Å². The normalized spacial score (nSPS) is 20.1. The van der Waals surface area contributed by atoms with Gasteiger partial charge in [-0.2, -0.15) is 0 Å². The van der Waals surface area contributed by atoms with Crippen molar-refractivity contribution in [2.45, 2.75) is 12.8 Å². The molecule has 1 heterocycles. The maximum Gasteiger partial charge on any atom is 0.309 e. The van der Waals surface area contributed by atoms with Crippen LogP contribution in [0, 0.1) is 17.7 Å². The third kappa shape index (κ3) is 2.45. The number of halogens is 1. The number of fused-ring (bicyclic) bond motifs is 1. The van der Waals surface area contributed by atoms with Gasteiger partial charge < -0.3 is 14.6 Å². The zero-order valence-electron chi connectivity index (χ0n) is 12.6. The number of carbonyl (C=O) groups is 2. The Bertz CT molecular complexity index is 797. The lowest BCUT2D eigenvalue weighted by atomic mass is 9.71. The summed E-state index contributed by atoms with van der Waals surface area (Å²) in [5, 5.41) is 9.97. The molecule has 1 aliphatic carbocycles. The zero-order valence-corrected chi connectivity index (χ0v) is 13.4. The second-order valence-corrected chi connectivity index (χ2v) is 6.53. The summed E-state index contributed by atoms with van der Waals surface area (Å²) in [7, 11) is 2.56. The van der Waals surface area contributed by atoms with E-state index in [-0.39, 0.29) is 28.6 Å². The van der Waals surface area contributed by atoms with Gasteiger partial charge in [0.2, 0.25) is 0 Å². The molecule has 23 heavy (non-hydrogen) atoms. The number of phenols is 1. The van der Waals surface area contributed by atoms with E-state index in [1.165, 1.54) is 26.4 Å². The fourth-order valence-electron chi connectivity index (χ4n) is 2.85. The molecule has 1 fully saturated rings. The number of phenolic OH excluding ortho intramolecular Hbond substituents is 1. The van der Waals surface area contributed by atoms with Gasteiger partial charge in [0.1, 0.15) is 0 Å². The smallest absolute Gasteiger partial charge is 0.309 e. The molecular weight excluding hydrogens is 323 g/mol. The molecule has 2 aromatic rings. The lowest BCUT2D eigenvalue weighted by molar-refractivity contribution is -0.150. The highest BCUT2D eigenvalue weighted by Crippen LogP contribution is 2.42. The Morgan fingerprint density at radius 2 is 1.96 bits per heavy atom. The Balaban J connectivity index is 1.96. The topological polar surface area (TPSA) is 72.8 Å². The maximum atomic E-state index is 14.3. The van der Waals surface area contributed by atoms with E-state index in [1.54, 1.807) is 0 Å². The number of methoxy groups -OCH3 is 2. The van der Waals surface area contributed by atoms with E-state index in [0.717, 1.165) is 11.3 Å². The number of esters is 1. The number of ether oxygens (including phenoxy) is 2. The SMILES string of the molecule is COC(=O)[C@H]1CC[C@@H]1C(=O)c1cc2c(F)c(OC)c(O)cc2s1. The van der Waals surface area contributed by atoms with E-state index in [4.69, 9.17) is 9.47 Å². The van der Waals surface area contributed by atoms with Crippen LogP contribution in [0.4, 0.5) is 4.39 Å². The summed E-state index contributed by atoms with van der Waals surface area (Å²) in [5.41, 5.74) is 0. The number of carbonyl (C=O) groups excluding carboxylic acids is 2. The summed E-state index contributed by atoms with van der Waals surface area (Å²) in [6.45, 7) is 0. The molecule has 122 valence electrons. The summed E-state index contributed by atoms with van der Waals surface area (Å²) in [5.74, 6) is -2.68. The van der Waals surface area contributed by atoms with Crippen LogP contribution in [-0.4, -0.2) is 31.1 Å². The summed E-state index contributed by atoms with van der Waals surface area (Å²) in [4.78, 5) is 24.5. The largest absolute Gasteiger partial charge is 0.504 e. The van der Waals surface area contributed by atoms with Crippen LogP contribution in [0.15, 0.2) is 12.1 Å². The van der Waals surface area contributed by atoms with Crippen molar-refractivity contribution in [1.82, 2.24) is 0 Å². The highest BCUT2D eigenvalue weighted by Gasteiger charge is 2.42. The molecule has 1 aromatic carbocycles. The molecule has 0 saturated heterocycles. The van der Waals surface area contributed by atoms with Crippen LogP contribution in [0.5, 0.6) is 11.5 Å². The van der Waals surface area contributed by atoms with Gasteiger partial charge in [-0.25, -0.2) is 4.39 Å². The van der Waals surface area contributed by atoms with Gasteiger partial charge in [0.15, 0.2) is 23.1 Å². The van der Waals surface area contributed by atoms with Crippen molar-refractivity contribution in [3.05, 3.63) is 22.8 Å². The fraction of sp³-hybridized carbons (Fsp3) is 0.375.